The molecule has 0 heteroatoms. The molecule has 3 aliphatic rings. The van der Waals surface area contributed by atoms with Gasteiger partial charge < -0.3 is 0 Å². The number of benzene rings is 9. The van der Waals surface area contributed by atoms with Crippen LogP contribution in [-0.4, -0.2) is 0 Å². The zero-order chi connectivity index (χ0) is 36.0. The first-order valence-electron chi connectivity index (χ1n) is 19.3. The quantitative estimate of drug-likeness (QED) is 0.173. The summed E-state index contributed by atoms with van der Waals surface area (Å²) in [6.45, 7) is 0. The van der Waals surface area contributed by atoms with Gasteiger partial charge in [-0.2, -0.15) is 0 Å². The second-order valence-electron chi connectivity index (χ2n) is 15.1. The lowest BCUT2D eigenvalue weighted by atomic mass is 9.90. The highest BCUT2D eigenvalue weighted by Gasteiger charge is 2.30. The van der Waals surface area contributed by atoms with Gasteiger partial charge in [-0.1, -0.05) is 200 Å². The molecule has 3 aliphatic carbocycles. The van der Waals surface area contributed by atoms with Crippen molar-refractivity contribution in [1.82, 2.24) is 0 Å². The van der Waals surface area contributed by atoms with Crippen LogP contribution in [0, 0.1) is 5.92 Å². The van der Waals surface area contributed by atoms with Crippen LogP contribution in [0.2, 0.25) is 0 Å². The number of rotatable bonds is 3. The fourth-order valence-corrected chi connectivity index (χ4v) is 9.86. The summed E-state index contributed by atoms with van der Waals surface area (Å²) in [6, 6.07) is 67.3. The first-order chi connectivity index (χ1) is 27.3. The zero-order valence-corrected chi connectivity index (χ0v) is 30.1. The van der Waals surface area contributed by atoms with Crippen molar-refractivity contribution in [3.8, 4) is 33.4 Å². The molecule has 0 radical (unpaired) electrons. The molecule has 0 saturated heterocycles. The Kier molecular flexibility index (Phi) is 6.50. The van der Waals surface area contributed by atoms with Gasteiger partial charge in [0.05, 0.1) is 0 Å². The standard InChI is InChI=1S/C55H34/c1-4-16-38-35(13-1)25-28-47-50(41-19-7-10-22-44(41)53(38)47)31-34(32-51-42-20-8-11-23-45(42)54-39-17-5-2-14-36(39)26-29-48(51)54)33-52-43-21-9-12-24-46(43)55-40-18-6-3-15-37(40)27-30-49(52)55/h1-34H/b50-31+,51-32+,52-33+. The van der Waals surface area contributed by atoms with Gasteiger partial charge in [-0.05, 0) is 116 Å². The van der Waals surface area contributed by atoms with Crippen LogP contribution >= 0.6 is 0 Å². The van der Waals surface area contributed by atoms with E-state index in [1.54, 1.807) is 0 Å². The molecule has 9 aromatic rings. The monoisotopic (exact) mass is 694 g/mol. The van der Waals surface area contributed by atoms with Gasteiger partial charge in [0, 0.05) is 5.92 Å². The van der Waals surface area contributed by atoms with Crippen LogP contribution in [0.5, 0.6) is 0 Å². The molecule has 0 nitrogen and oxygen atoms in total. The molecule has 0 amide bonds. The third-order valence-corrected chi connectivity index (χ3v) is 12.2. The van der Waals surface area contributed by atoms with Crippen LogP contribution in [0.3, 0.4) is 0 Å². The lowest BCUT2D eigenvalue weighted by Gasteiger charge is -2.14. The Hall–Kier alpha value is -7.02. The average Bonchev–Trinajstić information content (AvgIpc) is 3.87. The predicted molar refractivity (Wildman–Crippen MR) is 233 cm³/mol. The first-order valence-corrected chi connectivity index (χ1v) is 19.3. The van der Waals surface area contributed by atoms with Crippen LogP contribution in [0.4, 0.5) is 0 Å². The molecule has 12 rings (SSSR count). The first kappa shape index (κ1) is 30.4. The van der Waals surface area contributed by atoms with Crippen molar-refractivity contribution >= 4 is 49.0 Å². The fourth-order valence-electron chi connectivity index (χ4n) is 9.86. The minimum Gasteiger partial charge on any atom is -0.0653 e. The van der Waals surface area contributed by atoms with E-state index < -0.39 is 0 Å². The van der Waals surface area contributed by atoms with E-state index in [4.69, 9.17) is 0 Å². The van der Waals surface area contributed by atoms with E-state index in [1.165, 1.54) is 116 Å². The van der Waals surface area contributed by atoms with Gasteiger partial charge in [-0.15, -0.1) is 0 Å². The molecular weight excluding hydrogens is 661 g/mol. The number of hydrogen-bond donors (Lipinski definition) is 0. The third kappa shape index (κ3) is 4.46. The highest BCUT2D eigenvalue weighted by Crippen LogP contribution is 2.52. The van der Waals surface area contributed by atoms with Gasteiger partial charge in [0.2, 0.25) is 0 Å². The summed E-state index contributed by atoms with van der Waals surface area (Å²) in [7, 11) is 0. The molecule has 254 valence electrons. The highest BCUT2D eigenvalue weighted by atomic mass is 14.3. The topological polar surface area (TPSA) is 0 Å². The van der Waals surface area contributed by atoms with Crippen LogP contribution in [-0.2, 0) is 0 Å². The average molecular weight is 695 g/mol. The third-order valence-electron chi connectivity index (χ3n) is 12.2. The second kappa shape index (κ2) is 11.7. The Morgan fingerprint density at radius 3 is 0.836 bits per heavy atom. The van der Waals surface area contributed by atoms with Gasteiger partial charge in [0.25, 0.3) is 0 Å². The van der Waals surface area contributed by atoms with Gasteiger partial charge in [0.1, 0.15) is 0 Å². The van der Waals surface area contributed by atoms with E-state index in [-0.39, 0.29) is 5.92 Å². The van der Waals surface area contributed by atoms with E-state index in [0.717, 1.165) is 0 Å². The number of fused-ring (bicyclic) bond motifs is 15. The van der Waals surface area contributed by atoms with Crippen molar-refractivity contribution in [2.45, 2.75) is 0 Å². The molecule has 0 saturated carbocycles. The fraction of sp³-hybridized carbons (Fsp3) is 0.0182. The highest BCUT2D eigenvalue weighted by molar-refractivity contribution is 6.15. The van der Waals surface area contributed by atoms with Gasteiger partial charge >= 0.3 is 0 Å². The summed E-state index contributed by atoms with van der Waals surface area (Å²) in [4.78, 5) is 0. The molecule has 0 aromatic heterocycles. The Balaban J connectivity index is 1.15. The van der Waals surface area contributed by atoms with Crippen molar-refractivity contribution in [2.24, 2.45) is 5.92 Å². The zero-order valence-electron chi connectivity index (χ0n) is 30.1. The summed E-state index contributed by atoms with van der Waals surface area (Å²) in [5, 5.41) is 7.74. The molecule has 0 spiro atoms. The maximum absolute atomic E-state index is 2.54. The number of allylic oxidation sites excluding steroid dienone is 3. The SMILES string of the molecule is C(=C1/c2ccccc2-c2c1ccc1ccccc21)/C(/C=C1\c2ccccc2-c2c1ccc1ccccc21)/C=C1\c2ccccc2-c2c1ccc1ccccc21. The minimum atomic E-state index is -0.0265. The Morgan fingerprint density at radius 2 is 0.509 bits per heavy atom. The van der Waals surface area contributed by atoms with Crippen molar-refractivity contribution in [1.29, 1.82) is 0 Å². The minimum absolute atomic E-state index is 0.0265. The van der Waals surface area contributed by atoms with Gasteiger partial charge in [-0.3, -0.25) is 0 Å². The maximum Gasteiger partial charge on any atom is 0.0155 e. The summed E-state index contributed by atoms with van der Waals surface area (Å²) in [6.07, 6.45) is 7.63. The van der Waals surface area contributed by atoms with Crippen molar-refractivity contribution in [2.75, 3.05) is 0 Å². The smallest absolute Gasteiger partial charge is 0.0155 e. The van der Waals surface area contributed by atoms with Crippen molar-refractivity contribution in [3.63, 3.8) is 0 Å². The molecule has 0 N–H and O–H groups in total. The Bertz CT molecular complexity index is 2860. The van der Waals surface area contributed by atoms with E-state index in [1.807, 2.05) is 0 Å². The van der Waals surface area contributed by atoms with E-state index in [2.05, 4.69) is 200 Å². The predicted octanol–water partition coefficient (Wildman–Crippen LogP) is 14.4. The lowest BCUT2D eigenvalue weighted by Crippen LogP contribution is -1.96. The van der Waals surface area contributed by atoms with E-state index >= 15 is 0 Å². The Labute approximate surface area is 320 Å². The van der Waals surface area contributed by atoms with Crippen LogP contribution in [0.15, 0.2) is 200 Å². The van der Waals surface area contributed by atoms with Crippen LogP contribution in [0.25, 0.3) is 82.4 Å². The maximum atomic E-state index is 2.54. The summed E-state index contributed by atoms with van der Waals surface area (Å²) >= 11 is 0. The summed E-state index contributed by atoms with van der Waals surface area (Å²) in [5.74, 6) is -0.0265. The molecule has 0 unspecified atom stereocenters. The molecule has 0 bridgehead atoms. The lowest BCUT2D eigenvalue weighted by molar-refractivity contribution is 1.08. The molecule has 9 aromatic carbocycles. The van der Waals surface area contributed by atoms with Gasteiger partial charge in [0.15, 0.2) is 0 Å². The molecule has 0 atom stereocenters. The molecule has 55 heavy (non-hydrogen) atoms. The summed E-state index contributed by atoms with van der Waals surface area (Å²) < 4.78 is 0. The molecule has 0 fully saturated rings. The Morgan fingerprint density at radius 1 is 0.236 bits per heavy atom. The van der Waals surface area contributed by atoms with E-state index in [0.29, 0.717) is 0 Å². The molecule has 0 heterocycles. The van der Waals surface area contributed by atoms with Crippen LogP contribution < -0.4 is 0 Å². The second-order valence-corrected chi connectivity index (χ2v) is 15.1. The normalized spacial score (nSPS) is 15.5. The van der Waals surface area contributed by atoms with E-state index in [9.17, 15) is 0 Å². The largest absolute Gasteiger partial charge is 0.0653 e. The summed E-state index contributed by atoms with van der Waals surface area (Å²) in [5.41, 5.74) is 19.6. The molecule has 0 aliphatic heterocycles. The molecular formula is C55H34. The van der Waals surface area contributed by atoms with Crippen molar-refractivity contribution < 1.29 is 0 Å². The van der Waals surface area contributed by atoms with Crippen molar-refractivity contribution in [3.05, 3.63) is 234 Å². The van der Waals surface area contributed by atoms with Gasteiger partial charge in [-0.25, -0.2) is 0 Å². The van der Waals surface area contributed by atoms with Crippen LogP contribution in [0.1, 0.15) is 33.4 Å². The number of hydrogen-bond acceptors (Lipinski definition) is 0.